The van der Waals surface area contributed by atoms with Crippen LogP contribution in [-0.2, 0) is 6.54 Å². The van der Waals surface area contributed by atoms with Crippen molar-refractivity contribution in [3.05, 3.63) is 35.9 Å². The molecular weight excluding hydrogens is 334 g/mol. The average Bonchev–Trinajstić information content (AvgIpc) is 2.62. The van der Waals surface area contributed by atoms with Gasteiger partial charge in [0, 0.05) is 18.8 Å². The van der Waals surface area contributed by atoms with Gasteiger partial charge in [-0.05, 0) is 19.0 Å². The van der Waals surface area contributed by atoms with E-state index in [1.165, 1.54) is 0 Å². The summed E-state index contributed by atoms with van der Waals surface area (Å²) < 4.78 is 0. The van der Waals surface area contributed by atoms with Crippen LogP contribution in [0.1, 0.15) is 18.9 Å². The number of benzene rings is 1. The third-order valence-electron chi connectivity index (χ3n) is 3.48. The summed E-state index contributed by atoms with van der Waals surface area (Å²) in [6, 6.07) is 10.00. The molecule has 0 bridgehead atoms. The number of hydrogen-bond acceptors (Lipinski definition) is 8. The highest BCUT2D eigenvalue weighted by molar-refractivity contribution is 7.99. The second kappa shape index (κ2) is 10.1. The molecule has 0 saturated carbocycles. The van der Waals surface area contributed by atoms with Crippen LogP contribution in [0, 0.1) is 0 Å². The third-order valence-corrected chi connectivity index (χ3v) is 4.53. The standard InChI is InChI=1S/C17H27N7S/c1-3-11-25-17-22-15(21-10-9-20-2)14(18)16(23-17)24(19)12-13-7-5-4-6-8-13/h4-8,20H,3,9-12,18-19H2,1-2H3,(H,21,22,23). The number of hydrogen-bond donors (Lipinski definition) is 4. The van der Waals surface area contributed by atoms with Crippen molar-refractivity contribution in [2.24, 2.45) is 5.84 Å². The van der Waals surface area contributed by atoms with Crippen LogP contribution in [0.5, 0.6) is 0 Å². The van der Waals surface area contributed by atoms with Crippen molar-refractivity contribution in [2.45, 2.75) is 25.0 Å². The Bertz CT molecular complexity index is 651. The van der Waals surface area contributed by atoms with E-state index in [4.69, 9.17) is 11.6 Å². The quantitative estimate of drug-likeness (QED) is 0.168. The largest absolute Gasteiger partial charge is 0.393 e. The van der Waals surface area contributed by atoms with Crippen LogP contribution in [0.3, 0.4) is 0 Å². The van der Waals surface area contributed by atoms with Gasteiger partial charge in [-0.25, -0.2) is 15.8 Å². The van der Waals surface area contributed by atoms with Gasteiger partial charge in [0.1, 0.15) is 5.69 Å². The first-order chi connectivity index (χ1) is 12.2. The maximum absolute atomic E-state index is 6.28. The second-order valence-corrected chi connectivity index (χ2v) is 6.65. The Morgan fingerprint density at radius 2 is 1.92 bits per heavy atom. The van der Waals surface area contributed by atoms with E-state index in [9.17, 15) is 0 Å². The van der Waals surface area contributed by atoms with Gasteiger partial charge in [0.2, 0.25) is 0 Å². The van der Waals surface area contributed by atoms with Gasteiger partial charge in [-0.2, -0.15) is 0 Å². The zero-order valence-electron chi connectivity index (χ0n) is 14.8. The normalized spacial score (nSPS) is 10.7. The Morgan fingerprint density at radius 1 is 1.16 bits per heavy atom. The Kier molecular flexibility index (Phi) is 7.77. The second-order valence-electron chi connectivity index (χ2n) is 5.58. The highest BCUT2D eigenvalue weighted by Gasteiger charge is 2.16. The first kappa shape index (κ1) is 19.3. The van der Waals surface area contributed by atoms with Gasteiger partial charge in [0.25, 0.3) is 0 Å². The fraction of sp³-hybridized carbons (Fsp3) is 0.412. The first-order valence-corrected chi connectivity index (χ1v) is 9.39. The monoisotopic (exact) mass is 361 g/mol. The van der Waals surface area contributed by atoms with Crippen LogP contribution >= 0.6 is 11.8 Å². The number of nitrogens with two attached hydrogens (primary N) is 2. The van der Waals surface area contributed by atoms with Gasteiger partial charge in [0.15, 0.2) is 16.8 Å². The van der Waals surface area contributed by atoms with Gasteiger partial charge in [-0.1, -0.05) is 49.0 Å². The summed E-state index contributed by atoms with van der Waals surface area (Å²) in [7, 11) is 1.90. The zero-order chi connectivity index (χ0) is 18.1. The summed E-state index contributed by atoms with van der Waals surface area (Å²) >= 11 is 1.60. The lowest BCUT2D eigenvalue weighted by Crippen LogP contribution is -2.32. The van der Waals surface area contributed by atoms with Gasteiger partial charge < -0.3 is 16.4 Å². The molecule has 0 aliphatic carbocycles. The van der Waals surface area contributed by atoms with Crippen molar-refractivity contribution in [2.75, 3.05) is 41.9 Å². The van der Waals surface area contributed by atoms with Crippen LogP contribution in [0.2, 0.25) is 0 Å². The first-order valence-electron chi connectivity index (χ1n) is 8.40. The molecule has 0 spiro atoms. The molecule has 0 unspecified atom stereocenters. The molecule has 6 N–H and O–H groups in total. The summed E-state index contributed by atoms with van der Waals surface area (Å²) in [6.45, 7) is 4.18. The molecule has 0 radical (unpaired) electrons. The Hall–Kier alpha value is -2.03. The number of likely N-dealkylation sites (N-methyl/N-ethyl adjacent to an activating group) is 1. The van der Waals surface area contributed by atoms with Crippen LogP contribution in [-0.4, -0.2) is 35.9 Å². The molecule has 0 saturated heterocycles. The number of aromatic nitrogens is 2. The number of nitrogen functional groups attached to an aromatic ring is 1. The minimum absolute atomic E-state index is 0.468. The van der Waals surface area contributed by atoms with Crippen LogP contribution in [0.15, 0.2) is 35.5 Å². The van der Waals surface area contributed by atoms with Gasteiger partial charge in [0.05, 0.1) is 6.54 Å². The van der Waals surface area contributed by atoms with Crippen LogP contribution in [0.25, 0.3) is 0 Å². The Morgan fingerprint density at radius 3 is 2.60 bits per heavy atom. The van der Waals surface area contributed by atoms with E-state index in [0.717, 1.165) is 30.8 Å². The molecule has 0 aliphatic rings. The topological polar surface area (TPSA) is 105 Å². The molecule has 2 rings (SSSR count). The molecule has 8 heteroatoms. The number of anilines is 3. The summed E-state index contributed by atoms with van der Waals surface area (Å²) in [5, 5.41) is 8.60. The van der Waals surface area contributed by atoms with E-state index in [1.54, 1.807) is 16.8 Å². The van der Waals surface area contributed by atoms with Crippen molar-refractivity contribution >= 4 is 29.1 Å². The zero-order valence-corrected chi connectivity index (χ0v) is 15.6. The molecule has 0 aliphatic heterocycles. The van der Waals surface area contributed by atoms with E-state index in [2.05, 4.69) is 27.5 Å². The molecule has 0 amide bonds. The lowest BCUT2D eigenvalue weighted by Gasteiger charge is -2.21. The fourth-order valence-corrected chi connectivity index (χ4v) is 2.90. The Labute approximate surface area is 153 Å². The van der Waals surface area contributed by atoms with E-state index >= 15 is 0 Å². The molecular formula is C17H27N7S. The van der Waals surface area contributed by atoms with Crippen molar-refractivity contribution in [1.29, 1.82) is 0 Å². The molecule has 2 aromatic rings. The lowest BCUT2D eigenvalue weighted by molar-refractivity contribution is 0.800. The van der Waals surface area contributed by atoms with E-state index in [-0.39, 0.29) is 0 Å². The average molecular weight is 362 g/mol. The van der Waals surface area contributed by atoms with Crippen molar-refractivity contribution in [1.82, 2.24) is 15.3 Å². The molecule has 1 aromatic carbocycles. The van der Waals surface area contributed by atoms with Gasteiger partial charge in [-0.15, -0.1) is 0 Å². The number of nitrogens with zero attached hydrogens (tertiary/aromatic N) is 3. The van der Waals surface area contributed by atoms with Gasteiger partial charge >= 0.3 is 0 Å². The highest BCUT2D eigenvalue weighted by atomic mass is 32.2. The van der Waals surface area contributed by atoms with Crippen molar-refractivity contribution in [3.8, 4) is 0 Å². The lowest BCUT2D eigenvalue weighted by atomic mass is 10.2. The molecule has 25 heavy (non-hydrogen) atoms. The van der Waals surface area contributed by atoms with Crippen molar-refractivity contribution in [3.63, 3.8) is 0 Å². The molecule has 1 aromatic heterocycles. The number of nitrogens with one attached hydrogen (secondary N) is 2. The molecule has 0 atom stereocenters. The summed E-state index contributed by atoms with van der Waals surface area (Å²) in [4.78, 5) is 9.10. The summed E-state index contributed by atoms with van der Waals surface area (Å²) in [5.74, 6) is 8.38. The van der Waals surface area contributed by atoms with Crippen LogP contribution < -0.4 is 27.2 Å². The Balaban J connectivity index is 2.24. The van der Waals surface area contributed by atoms with E-state index < -0.39 is 0 Å². The fourth-order valence-electron chi connectivity index (χ4n) is 2.21. The molecule has 7 nitrogen and oxygen atoms in total. The maximum Gasteiger partial charge on any atom is 0.191 e. The smallest absolute Gasteiger partial charge is 0.191 e. The highest BCUT2D eigenvalue weighted by Crippen LogP contribution is 2.30. The minimum atomic E-state index is 0.468. The van der Waals surface area contributed by atoms with E-state index in [0.29, 0.717) is 29.0 Å². The molecule has 136 valence electrons. The number of rotatable bonds is 10. The maximum atomic E-state index is 6.28. The third kappa shape index (κ3) is 5.77. The SMILES string of the molecule is CCCSc1nc(NCCNC)c(N)c(N(N)Cc2ccccc2)n1. The summed E-state index contributed by atoms with van der Waals surface area (Å²) in [6.07, 6.45) is 1.05. The number of thioether (sulfide) groups is 1. The van der Waals surface area contributed by atoms with Crippen molar-refractivity contribution < 1.29 is 0 Å². The molecule has 0 fully saturated rings. The number of hydrazine groups is 1. The van der Waals surface area contributed by atoms with Gasteiger partial charge in [-0.3, -0.25) is 5.01 Å². The minimum Gasteiger partial charge on any atom is -0.393 e. The predicted molar refractivity (Wildman–Crippen MR) is 107 cm³/mol. The molecule has 1 heterocycles. The summed E-state index contributed by atoms with van der Waals surface area (Å²) in [5.41, 5.74) is 7.84. The van der Waals surface area contributed by atoms with Crippen LogP contribution in [0.4, 0.5) is 17.3 Å². The van der Waals surface area contributed by atoms with E-state index in [1.807, 2.05) is 37.4 Å². The predicted octanol–water partition coefficient (Wildman–Crippen LogP) is 2.07.